The van der Waals surface area contributed by atoms with Gasteiger partial charge in [0, 0.05) is 43.7 Å². The Morgan fingerprint density at radius 2 is 1.61 bits per heavy atom. The first-order chi connectivity index (χ1) is 17.7. The molecule has 1 heterocycles. The number of hydrogen-bond acceptors (Lipinski definition) is 4. The molecule has 5 aliphatic carbocycles. The van der Waals surface area contributed by atoms with Crippen molar-refractivity contribution >= 4 is 5.78 Å². The second kappa shape index (κ2) is 8.43. The van der Waals surface area contributed by atoms with Crippen molar-refractivity contribution < 1.29 is 9.90 Å². The summed E-state index contributed by atoms with van der Waals surface area (Å²) in [5.41, 5.74) is 5.52. The lowest BCUT2D eigenvalue weighted by molar-refractivity contribution is -0.164. The lowest BCUT2D eigenvalue weighted by Crippen LogP contribution is -2.62. The Bertz CT molecular complexity index is 1180. The van der Waals surface area contributed by atoms with Crippen LogP contribution in [0.3, 0.4) is 0 Å². The van der Waals surface area contributed by atoms with Crippen LogP contribution in [0, 0.1) is 33.0 Å². The Balaban J connectivity index is 1.36. The minimum Gasteiger partial charge on any atom is -0.504 e. The molecule has 4 nitrogen and oxygen atoms in total. The van der Waals surface area contributed by atoms with Crippen molar-refractivity contribution in [3.63, 3.8) is 0 Å². The SMILES string of the molecule is CC1=C(O)C(=O)C=C2C1=CC=C1[C@@]2(C)CC[C@@]2(C)[C@@H]3CC(C)(CN4CCN(C)CC4)CC[C@]3(C)CC[C@]12C. The topological polar surface area (TPSA) is 43.8 Å². The first-order valence-corrected chi connectivity index (χ1v) is 15.3. The second-order valence-corrected chi connectivity index (χ2v) is 15.4. The van der Waals surface area contributed by atoms with E-state index in [2.05, 4.69) is 63.6 Å². The van der Waals surface area contributed by atoms with Gasteiger partial charge in [0.05, 0.1) is 0 Å². The summed E-state index contributed by atoms with van der Waals surface area (Å²) in [7, 11) is 2.25. The third-order valence-electron chi connectivity index (χ3n) is 13.2. The summed E-state index contributed by atoms with van der Waals surface area (Å²) in [6.07, 6.45) is 15.3. The third-order valence-corrected chi connectivity index (χ3v) is 13.2. The highest BCUT2D eigenvalue weighted by molar-refractivity contribution is 6.06. The number of likely N-dealkylation sites (N-methyl/N-ethyl adjacent to an activating group) is 1. The van der Waals surface area contributed by atoms with Crippen LogP contribution in [0.1, 0.15) is 86.5 Å². The Labute approximate surface area is 230 Å². The molecule has 0 amide bonds. The van der Waals surface area contributed by atoms with Crippen molar-refractivity contribution in [2.24, 2.45) is 33.0 Å². The highest BCUT2D eigenvalue weighted by Gasteiger charge is 2.66. The Morgan fingerprint density at radius 1 is 0.921 bits per heavy atom. The van der Waals surface area contributed by atoms with Crippen LogP contribution in [0.4, 0.5) is 0 Å². The molecule has 4 fully saturated rings. The fourth-order valence-electron chi connectivity index (χ4n) is 10.2. The van der Waals surface area contributed by atoms with Crippen LogP contribution in [0.25, 0.3) is 0 Å². The standard InChI is InChI=1S/C34H50N2O2/c1-23-24-8-9-27-32(4,25(24)20-26(37)29(23)38)13-15-34(6)28-21-30(2,22-36-18-16-35(7)17-19-36)10-11-31(28,3)12-14-33(27,34)5/h8-9,20,28,38H,10-19,21-22H2,1-7H3/t28-,30?,31-,32+,33-,34+/m1/s1. The summed E-state index contributed by atoms with van der Waals surface area (Å²) in [6, 6.07) is 0. The molecule has 1 unspecified atom stereocenters. The lowest BCUT2D eigenvalue weighted by atomic mass is 9.34. The molecule has 38 heavy (non-hydrogen) atoms. The minimum absolute atomic E-state index is 0.0809. The molecule has 1 N–H and O–H groups in total. The fraction of sp³-hybridized carbons (Fsp3) is 0.735. The quantitative estimate of drug-likeness (QED) is 0.434. The van der Waals surface area contributed by atoms with Gasteiger partial charge in [0.25, 0.3) is 0 Å². The highest BCUT2D eigenvalue weighted by Crippen LogP contribution is 2.75. The molecule has 0 aromatic heterocycles. The van der Waals surface area contributed by atoms with Gasteiger partial charge >= 0.3 is 0 Å². The van der Waals surface area contributed by atoms with Gasteiger partial charge in [-0.25, -0.2) is 0 Å². The monoisotopic (exact) mass is 518 g/mol. The first kappa shape index (κ1) is 26.6. The van der Waals surface area contributed by atoms with E-state index in [4.69, 9.17) is 0 Å². The van der Waals surface area contributed by atoms with Gasteiger partial charge in [-0.2, -0.15) is 0 Å². The van der Waals surface area contributed by atoms with Crippen molar-refractivity contribution in [2.75, 3.05) is 39.8 Å². The van der Waals surface area contributed by atoms with Crippen LogP contribution in [0.5, 0.6) is 0 Å². The van der Waals surface area contributed by atoms with Gasteiger partial charge in [-0.1, -0.05) is 52.3 Å². The zero-order valence-corrected chi connectivity index (χ0v) is 25.0. The number of ketones is 1. The molecule has 0 aromatic carbocycles. The molecule has 1 aliphatic heterocycles. The van der Waals surface area contributed by atoms with Gasteiger partial charge in [-0.05, 0) is 104 Å². The number of hydrogen-bond donors (Lipinski definition) is 1. The van der Waals surface area contributed by atoms with E-state index in [9.17, 15) is 9.90 Å². The number of nitrogens with zero attached hydrogens (tertiary/aromatic N) is 2. The van der Waals surface area contributed by atoms with E-state index >= 15 is 0 Å². The highest BCUT2D eigenvalue weighted by atomic mass is 16.3. The number of fused-ring (bicyclic) bond motifs is 7. The van der Waals surface area contributed by atoms with E-state index in [-0.39, 0.29) is 27.8 Å². The normalized spacial score (nSPS) is 45.8. The number of rotatable bonds is 2. The molecule has 1 saturated heterocycles. The number of piperazine rings is 1. The van der Waals surface area contributed by atoms with E-state index < -0.39 is 0 Å². The summed E-state index contributed by atoms with van der Waals surface area (Å²) in [6.45, 7) is 20.8. The molecule has 0 bridgehead atoms. The molecule has 0 aromatic rings. The molecule has 208 valence electrons. The summed E-state index contributed by atoms with van der Waals surface area (Å²) < 4.78 is 0. The van der Waals surface area contributed by atoms with Gasteiger partial charge in [-0.3, -0.25) is 4.79 Å². The molecule has 6 rings (SSSR count). The van der Waals surface area contributed by atoms with Crippen molar-refractivity contribution in [3.8, 4) is 0 Å². The fourth-order valence-corrected chi connectivity index (χ4v) is 10.2. The molecule has 0 radical (unpaired) electrons. The molecule has 6 aliphatic rings. The number of carbonyl (C=O) groups excluding carboxylic acids is 1. The predicted octanol–water partition coefficient (Wildman–Crippen LogP) is 6.86. The Hall–Kier alpha value is -1.65. The average molecular weight is 519 g/mol. The van der Waals surface area contributed by atoms with Gasteiger partial charge in [0.15, 0.2) is 5.76 Å². The van der Waals surface area contributed by atoms with Crippen molar-refractivity contribution in [1.82, 2.24) is 9.80 Å². The summed E-state index contributed by atoms with van der Waals surface area (Å²) >= 11 is 0. The summed E-state index contributed by atoms with van der Waals surface area (Å²) in [5, 5.41) is 10.4. The maximum Gasteiger partial charge on any atom is 0.220 e. The maximum absolute atomic E-state index is 12.7. The molecular weight excluding hydrogens is 468 g/mol. The lowest BCUT2D eigenvalue weighted by Gasteiger charge is -2.70. The molecule has 4 heteroatoms. The van der Waals surface area contributed by atoms with E-state index in [1.807, 2.05) is 6.92 Å². The summed E-state index contributed by atoms with van der Waals surface area (Å²) in [4.78, 5) is 18.0. The van der Waals surface area contributed by atoms with Crippen LogP contribution < -0.4 is 0 Å². The zero-order valence-electron chi connectivity index (χ0n) is 25.0. The number of carbonyl (C=O) groups is 1. The van der Waals surface area contributed by atoms with E-state index in [1.165, 1.54) is 71.2 Å². The molecule has 0 spiro atoms. The van der Waals surface area contributed by atoms with Crippen LogP contribution in [-0.2, 0) is 4.79 Å². The number of aliphatic hydroxyl groups is 1. The van der Waals surface area contributed by atoms with Crippen LogP contribution in [0.15, 0.2) is 46.3 Å². The van der Waals surface area contributed by atoms with Crippen molar-refractivity contribution in [3.05, 3.63) is 46.3 Å². The third kappa shape index (κ3) is 3.58. The molecule has 6 atom stereocenters. The number of aliphatic hydroxyl groups excluding tert-OH is 1. The van der Waals surface area contributed by atoms with Crippen molar-refractivity contribution in [1.29, 1.82) is 0 Å². The molecule has 3 saturated carbocycles. The van der Waals surface area contributed by atoms with Crippen LogP contribution >= 0.6 is 0 Å². The second-order valence-electron chi connectivity index (χ2n) is 15.4. The largest absolute Gasteiger partial charge is 0.504 e. The van der Waals surface area contributed by atoms with Gasteiger partial charge in [0.1, 0.15) is 0 Å². The molecular formula is C34H50N2O2. The van der Waals surface area contributed by atoms with Gasteiger partial charge < -0.3 is 14.9 Å². The maximum atomic E-state index is 12.7. The minimum atomic E-state index is -0.223. The first-order valence-electron chi connectivity index (χ1n) is 15.3. The Morgan fingerprint density at radius 3 is 2.32 bits per heavy atom. The predicted molar refractivity (Wildman–Crippen MR) is 155 cm³/mol. The van der Waals surface area contributed by atoms with Gasteiger partial charge in [-0.15, -0.1) is 0 Å². The average Bonchev–Trinajstić information content (AvgIpc) is 2.87. The van der Waals surface area contributed by atoms with E-state index in [1.54, 1.807) is 11.6 Å². The summed E-state index contributed by atoms with van der Waals surface area (Å²) in [5.74, 6) is 0.407. The van der Waals surface area contributed by atoms with Crippen LogP contribution in [0.2, 0.25) is 0 Å². The van der Waals surface area contributed by atoms with E-state index in [0.717, 1.165) is 23.1 Å². The number of allylic oxidation sites excluding steroid dienone is 7. The smallest absolute Gasteiger partial charge is 0.220 e. The Kier molecular flexibility index (Phi) is 5.89. The van der Waals surface area contributed by atoms with Crippen LogP contribution in [-0.4, -0.2) is 60.5 Å². The van der Waals surface area contributed by atoms with Crippen molar-refractivity contribution in [2.45, 2.75) is 86.5 Å². The zero-order chi connectivity index (χ0) is 27.3. The van der Waals surface area contributed by atoms with Gasteiger partial charge in [0.2, 0.25) is 5.78 Å². The van der Waals surface area contributed by atoms with E-state index in [0.29, 0.717) is 16.7 Å².